The summed E-state index contributed by atoms with van der Waals surface area (Å²) < 4.78 is 84.6. The Labute approximate surface area is 246 Å². The van der Waals surface area contributed by atoms with Crippen LogP contribution in [0.15, 0.2) is 36.4 Å². The molecule has 9 heteroatoms. The zero-order chi connectivity index (χ0) is 30.8. The number of rotatable bonds is 20. The third kappa shape index (κ3) is 13.0. The minimum atomic E-state index is -4.36. The van der Waals surface area contributed by atoms with E-state index in [0.29, 0.717) is 18.6 Å². The van der Waals surface area contributed by atoms with Gasteiger partial charge in [-0.2, -0.15) is 17.6 Å². The molecular weight excluding hydrogens is 555 g/mol. The molecule has 236 valence electrons. The van der Waals surface area contributed by atoms with Gasteiger partial charge in [-0.1, -0.05) is 96.6 Å². The third-order valence-corrected chi connectivity index (χ3v) is 7.22. The van der Waals surface area contributed by atoms with Crippen molar-refractivity contribution < 1.29 is 41.0 Å². The summed E-state index contributed by atoms with van der Waals surface area (Å²) in [4.78, 5) is 12.0. The first-order valence-corrected chi connectivity index (χ1v) is 15.3. The van der Waals surface area contributed by atoms with Crippen molar-refractivity contribution in [1.29, 1.82) is 0 Å². The Kier molecular flexibility index (Phi) is 16.3. The van der Waals surface area contributed by atoms with Crippen LogP contribution in [0.25, 0.3) is 11.1 Å². The number of unbranched alkanes of at least 4 members (excludes halogenated alkanes) is 10. The van der Waals surface area contributed by atoms with Gasteiger partial charge in [0, 0.05) is 5.56 Å². The van der Waals surface area contributed by atoms with Crippen molar-refractivity contribution in [3.05, 3.63) is 48.0 Å². The lowest BCUT2D eigenvalue weighted by Crippen LogP contribution is -2.25. The lowest BCUT2D eigenvalue weighted by atomic mass is 9.97. The molecule has 0 aliphatic rings. The third-order valence-electron chi connectivity index (χ3n) is 7.22. The molecule has 2 aromatic carbocycles. The monoisotopic (exact) mass is 600 g/mol. The van der Waals surface area contributed by atoms with Crippen LogP contribution in [0.4, 0.5) is 26.7 Å². The van der Waals surface area contributed by atoms with E-state index in [-0.39, 0.29) is 29.9 Å². The molecule has 0 aromatic heterocycles. The molecule has 0 bridgehead atoms. The summed E-state index contributed by atoms with van der Waals surface area (Å²) in [5.41, 5.74) is 0.357. The Morgan fingerprint density at radius 1 is 0.714 bits per heavy atom. The molecule has 2 rings (SSSR count). The molecule has 0 spiro atoms. The topological polar surface area (TPSA) is 44.8 Å². The molecule has 2 aromatic rings. The highest BCUT2D eigenvalue weighted by Crippen LogP contribution is 2.34. The Hall–Kier alpha value is -2.84. The highest BCUT2D eigenvalue weighted by Gasteiger charge is 2.38. The molecule has 0 saturated carbocycles. The maximum absolute atomic E-state index is 14.8. The van der Waals surface area contributed by atoms with Crippen LogP contribution >= 0.6 is 0 Å². The predicted octanol–water partition coefficient (Wildman–Crippen LogP) is 11.2. The number of alkyl halides is 3. The fourth-order valence-corrected chi connectivity index (χ4v) is 4.69. The quantitative estimate of drug-likeness (QED) is 0.0656. The maximum Gasteiger partial charge on any atom is 0.513 e. The van der Waals surface area contributed by atoms with Gasteiger partial charge in [0.1, 0.15) is 5.75 Å². The van der Waals surface area contributed by atoms with E-state index in [1.807, 2.05) is 6.92 Å². The molecule has 0 fully saturated rings. The fourth-order valence-electron chi connectivity index (χ4n) is 4.69. The molecular formula is C33H45F5O4. The van der Waals surface area contributed by atoms with Gasteiger partial charge in [0.2, 0.25) is 5.82 Å². The minimum Gasteiger partial charge on any atom is -0.490 e. The van der Waals surface area contributed by atoms with E-state index in [4.69, 9.17) is 14.2 Å². The van der Waals surface area contributed by atoms with Gasteiger partial charge in [-0.15, -0.1) is 0 Å². The molecule has 0 heterocycles. The predicted molar refractivity (Wildman–Crippen MR) is 155 cm³/mol. The molecule has 1 atom stereocenters. The first-order chi connectivity index (χ1) is 20.2. The van der Waals surface area contributed by atoms with Gasteiger partial charge in [-0.05, 0) is 49.1 Å². The van der Waals surface area contributed by atoms with Crippen molar-refractivity contribution in [2.24, 2.45) is 5.92 Å². The van der Waals surface area contributed by atoms with E-state index in [2.05, 4.69) is 6.92 Å². The number of carbonyl (C=O) groups is 1. The Balaban J connectivity index is 1.81. The van der Waals surface area contributed by atoms with Crippen LogP contribution in [-0.2, 0) is 4.74 Å². The van der Waals surface area contributed by atoms with Crippen LogP contribution in [0, 0.1) is 17.6 Å². The molecule has 42 heavy (non-hydrogen) atoms. The van der Waals surface area contributed by atoms with Gasteiger partial charge in [-0.3, -0.25) is 0 Å². The molecule has 4 nitrogen and oxygen atoms in total. The van der Waals surface area contributed by atoms with Crippen molar-refractivity contribution >= 4 is 6.16 Å². The summed E-state index contributed by atoms with van der Waals surface area (Å²) in [5.74, 6) is -3.75. The summed E-state index contributed by atoms with van der Waals surface area (Å²) in [6.07, 6.45) is 6.12. The van der Waals surface area contributed by atoms with Crippen LogP contribution in [0.1, 0.15) is 104 Å². The van der Waals surface area contributed by atoms with Crippen molar-refractivity contribution in [3.8, 4) is 22.6 Å². The van der Waals surface area contributed by atoms with E-state index in [1.54, 1.807) is 0 Å². The lowest BCUT2D eigenvalue weighted by Gasteiger charge is -2.20. The number of hydrogen-bond acceptors (Lipinski definition) is 4. The van der Waals surface area contributed by atoms with E-state index < -0.39 is 36.5 Å². The van der Waals surface area contributed by atoms with Crippen molar-refractivity contribution in [2.45, 2.75) is 110 Å². The lowest BCUT2D eigenvalue weighted by molar-refractivity contribution is -0.180. The highest BCUT2D eigenvalue weighted by atomic mass is 19.4. The number of hydrogen-bond donors (Lipinski definition) is 0. The van der Waals surface area contributed by atoms with E-state index in [1.165, 1.54) is 68.5 Å². The van der Waals surface area contributed by atoms with Crippen LogP contribution < -0.4 is 9.47 Å². The number of halogens is 5. The molecule has 0 amide bonds. The van der Waals surface area contributed by atoms with Crippen LogP contribution in [0.3, 0.4) is 0 Å². The second-order valence-electron chi connectivity index (χ2n) is 10.7. The number of benzene rings is 2. The summed E-state index contributed by atoms with van der Waals surface area (Å²) in [6.45, 7) is 4.05. The summed E-state index contributed by atoms with van der Waals surface area (Å²) in [7, 11) is 0. The summed E-state index contributed by atoms with van der Waals surface area (Å²) in [6, 6.07) is 8.43. The highest BCUT2D eigenvalue weighted by molar-refractivity contribution is 5.68. The zero-order valence-corrected chi connectivity index (χ0v) is 24.9. The Morgan fingerprint density at radius 3 is 1.93 bits per heavy atom. The molecule has 0 N–H and O–H groups in total. The smallest absolute Gasteiger partial charge is 0.490 e. The van der Waals surface area contributed by atoms with Gasteiger partial charge >= 0.3 is 12.3 Å². The first kappa shape index (κ1) is 35.4. The van der Waals surface area contributed by atoms with Crippen LogP contribution in [-0.4, -0.2) is 25.5 Å². The van der Waals surface area contributed by atoms with E-state index in [9.17, 15) is 26.7 Å². The Bertz CT molecular complexity index is 1040. The fraction of sp³-hybridized carbons (Fsp3) is 0.606. The summed E-state index contributed by atoms with van der Waals surface area (Å²) >= 11 is 0. The van der Waals surface area contributed by atoms with Gasteiger partial charge in [-0.25, -0.2) is 9.18 Å². The number of ether oxygens (including phenoxy) is 3. The molecule has 1 unspecified atom stereocenters. The van der Waals surface area contributed by atoms with Crippen molar-refractivity contribution in [1.82, 2.24) is 0 Å². The second kappa shape index (κ2) is 19.4. The zero-order valence-electron chi connectivity index (χ0n) is 24.9. The van der Waals surface area contributed by atoms with Crippen molar-refractivity contribution in [2.75, 3.05) is 13.2 Å². The van der Waals surface area contributed by atoms with Crippen LogP contribution in [0.5, 0.6) is 11.5 Å². The van der Waals surface area contributed by atoms with E-state index >= 15 is 0 Å². The maximum atomic E-state index is 14.8. The molecule has 0 radical (unpaired) electrons. The largest absolute Gasteiger partial charge is 0.513 e. The van der Waals surface area contributed by atoms with Gasteiger partial charge < -0.3 is 14.2 Å². The average Bonchev–Trinajstić information content (AvgIpc) is 2.95. The first-order valence-electron chi connectivity index (χ1n) is 15.3. The van der Waals surface area contributed by atoms with Crippen molar-refractivity contribution in [3.63, 3.8) is 0 Å². The van der Waals surface area contributed by atoms with Crippen LogP contribution in [0.2, 0.25) is 0 Å². The van der Waals surface area contributed by atoms with Gasteiger partial charge in [0.05, 0.1) is 19.1 Å². The normalized spacial score (nSPS) is 12.3. The van der Waals surface area contributed by atoms with Gasteiger partial charge in [0.25, 0.3) is 0 Å². The molecule has 0 aliphatic carbocycles. The summed E-state index contributed by atoms with van der Waals surface area (Å²) in [5, 5.41) is 0. The van der Waals surface area contributed by atoms with E-state index in [0.717, 1.165) is 38.5 Å². The molecule has 0 aliphatic heterocycles. The second-order valence-corrected chi connectivity index (χ2v) is 10.7. The standard InChI is InChI=1S/C33H45F5O4/c1-3-5-7-9-10-11-12-14-23-40-29-21-20-28(30(34)31(29)35)25-16-18-27(19-17-25)42-32(39)41-24-22-26(33(36,37)38)15-13-8-6-4-2/h16-21,26H,3-15,22-24H2,1-2H3. The minimum absolute atomic E-state index is 0.00706. The van der Waals surface area contributed by atoms with Gasteiger partial charge in [0.15, 0.2) is 11.6 Å². The Morgan fingerprint density at radius 2 is 1.31 bits per heavy atom. The SMILES string of the molecule is CCCCCCCCCCOc1ccc(-c2ccc(OC(=O)OCCC(CCCCCC)C(F)(F)F)cc2)c(F)c1F. The average molecular weight is 601 g/mol. The number of carbonyl (C=O) groups excluding carboxylic acids is 1. The molecule has 0 saturated heterocycles.